The molecule has 2 heteroatoms. The van der Waals surface area contributed by atoms with Crippen LogP contribution in [0.3, 0.4) is 0 Å². The fourth-order valence-electron chi connectivity index (χ4n) is 11.2. The Morgan fingerprint density at radius 2 is 0.953 bits per heavy atom. The smallest absolute Gasteiger partial charge is 0.0714 e. The third-order valence-corrected chi connectivity index (χ3v) is 13.9. The maximum absolute atomic E-state index is 2.56. The molecular formula is C62H46N2. The first-order valence-corrected chi connectivity index (χ1v) is 22.4. The second kappa shape index (κ2) is 14.9. The van der Waals surface area contributed by atoms with Crippen LogP contribution in [0.25, 0.3) is 33.0 Å². The molecule has 2 nitrogen and oxygen atoms in total. The zero-order chi connectivity index (χ0) is 42.8. The molecule has 0 bridgehead atoms. The summed E-state index contributed by atoms with van der Waals surface area (Å²) in [5.74, 6) is 0. The fourth-order valence-corrected chi connectivity index (χ4v) is 11.2. The van der Waals surface area contributed by atoms with Crippen LogP contribution in [0.15, 0.2) is 243 Å². The molecule has 0 N–H and O–H groups in total. The van der Waals surface area contributed by atoms with Gasteiger partial charge in [0.1, 0.15) is 0 Å². The number of nitrogens with zero attached hydrogens (tertiary/aromatic N) is 2. The van der Waals surface area contributed by atoms with Gasteiger partial charge in [0.2, 0.25) is 0 Å². The van der Waals surface area contributed by atoms with E-state index < -0.39 is 5.41 Å². The van der Waals surface area contributed by atoms with Crippen LogP contribution in [0, 0.1) is 0 Å². The molecule has 0 fully saturated rings. The van der Waals surface area contributed by atoms with Gasteiger partial charge in [-0.2, -0.15) is 0 Å². The predicted molar refractivity (Wildman–Crippen MR) is 268 cm³/mol. The number of fused-ring (bicyclic) bond motifs is 6. The van der Waals surface area contributed by atoms with Crippen molar-refractivity contribution in [1.29, 1.82) is 0 Å². The second-order valence-corrected chi connectivity index (χ2v) is 17.6. The number of rotatable bonds is 7. The van der Waals surface area contributed by atoms with Crippen LogP contribution in [0.2, 0.25) is 0 Å². The molecule has 10 aromatic rings. The van der Waals surface area contributed by atoms with Gasteiger partial charge in [0.05, 0.1) is 28.2 Å². The number of hydrogen-bond acceptors (Lipinski definition) is 2. The van der Waals surface area contributed by atoms with E-state index in [1.807, 2.05) is 0 Å². The fraction of sp³-hybridized carbons (Fsp3) is 0.0645. The minimum Gasteiger partial charge on any atom is -0.310 e. The minimum absolute atomic E-state index is 0.381. The van der Waals surface area contributed by atoms with Crippen LogP contribution in [0.1, 0.15) is 47.2 Å². The molecule has 1 aliphatic carbocycles. The van der Waals surface area contributed by atoms with E-state index in [0.29, 0.717) is 0 Å². The van der Waals surface area contributed by atoms with E-state index in [0.717, 1.165) is 17.1 Å². The van der Waals surface area contributed by atoms with E-state index >= 15 is 0 Å². The van der Waals surface area contributed by atoms with Gasteiger partial charge in [0.15, 0.2) is 0 Å². The van der Waals surface area contributed by atoms with Crippen LogP contribution in [-0.2, 0) is 10.8 Å². The van der Waals surface area contributed by atoms with E-state index in [-0.39, 0.29) is 5.41 Å². The van der Waals surface area contributed by atoms with Crippen molar-refractivity contribution in [3.05, 3.63) is 276 Å². The van der Waals surface area contributed by atoms with E-state index in [9.17, 15) is 0 Å². The molecular weight excluding hydrogens is 773 g/mol. The Hall–Kier alpha value is -7.94. The molecule has 0 saturated carbocycles. The molecule has 64 heavy (non-hydrogen) atoms. The van der Waals surface area contributed by atoms with Gasteiger partial charge in [-0.25, -0.2) is 0 Å². The molecule has 1 heterocycles. The summed E-state index contributed by atoms with van der Waals surface area (Å²) in [4.78, 5) is 5.07. The van der Waals surface area contributed by atoms with Crippen molar-refractivity contribution >= 4 is 44.9 Å². The summed E-state index contributed by atoms with van der Waals surface area (Å²) < 4.78 is 0. The Morgan fingerprint density at radius 1 is 0.391 bits per heavy atom. The molecule has 0 spiro atoms. The van der Waals surface area contributed by atoms with Crippen molar-refractivity contribution < 1.29 is 0 Å². The lowest BCUT2D eigenvalue weighted by molar-refractivity contribution is 0.632. The van der Waals surface area contributed by atoms with Crippen molar-refractivity contribution in [2.24, 2.45) is 0 Å². The van der Waals surface area contributed by atoms with Crippen LogP contribution in [0.4, 0.5) is 34.1 Å². The molecule has 0 atom stereocenters. The highest BCUT2D eigenvalue weighted by molar-refractivity contribution is 6.08. The molecule has 12 rings (SSSR count). The summed E-state index contributed by atoms with van der Waals surface area (Å²) >= 11 is 0. The Kier molecular flexibility index (Phi) is 8.77. The molecule has 10 aromatic carbocycles. The van der Waals surface area contributed by atoms with Crippen LogP contribution >= 0.6 is 0 Å². The van der Waals surface area contributed by atoms with Gasteiger partial charge in [0.25, 0.3) is 0 Å². The van der Waals surface area contributed by atoms with Crippen molar-refractivity contribution in [3.63, 3.8) is 0 Å². The van der Waals surface area contributed by atoms with Gasteiger partial charge in [-0.05, 0) is 92.4 Å². The highest BCUT2D eigenvalue weighted by Crippen LogP contribution is 2.60. The molecule has 0 radical (unpaired) electrons. The average molecular weight is 819 g/mol. The lowest BCUT2D eigenvalue weighted by Gasteiger charge is -2.45. The van der Waals surface area contributed by atoms with Crippen molar-refractivity contribution in [2.45, 2.75) is 24.7 Å². The number of para-hydroxylation sites is 2. The van der Waals surface area contributed by atoms with Gasteiger partial charge in [-0.15, -0.1) is 0 Å². The molecule has 0 amide bonds. The van der Waals surface area contributed by atoms with Gasteiger partial charge in [-0.1, -0.05) is 214 Å². The summed E-state index contributed by atoms with van der Waals surface area (Å²) in [7, 11) is 0. The summed E-state index contributed by atoms with van der Waals surface area (Å²) in [5.41, 5.74) is 18.6. The molecule has 0 unspecified atom stereocenters. The van der Waals surface area contributed by atoms with E-state index in [1.165, 1.54) is 83.5 Å². The topological polar surface area (TPSA) is 6.48 Å². The number of anilines is 6. The lowest BCUT2D eigenvalue weighted by Crippen LogP contribution is -2.33. The molecule has 0 saturated heterocycles. The first-order valence-electron chi connectivity index (χ1n) is 22.4. The summed E-state index contributed by atoms with van der Waals surface area (Å²) in [6, 6.07) is 89.6. The SMILES string of the molecule is CC1(C)c2ccccc2N(c2c(-c3ccccc3)ccc3ccccc23)c2cccc(N(c3ccccc3)c3ccc4c(c3)C(c3ccccc3)(c3ccccc3)c3ccccc3-4)c21. The second-order valence-electron chi connectivity index (χ2n) is 17.6. The monoisotopic (exact) mass is 818 g/mol. The van der Waals surface area contributed by atoms with Crippen LogP contribution < -0.4 is 9.80 Å². The average Bonchev–Trinajstić information content (AvgIpc) is 3.65. The summed E-state index contributed by atoms with van der Waals surface area (Å²) in [6.45, 7) is 4.82. The van der Waals surface area contributed by atoms with Crippen molar-refractivity contribution in [3.8, 4) is 22.3 Å². The normalized spacial score (nSPS) is 14.0. The molecule has 0 aromatic heterocycles. The Bertz CT molecular complexity index is 3320. The Morgan fingerprint density at radius 3 is 1.69 bits per heavy atom. The van der Waals surface area contributed by atoms with Gasteiger partial charge >= 0.3 is 0 Å². The highest BCUT2D eigenvalue weighted by Gasteiger charge is 2.47. The quantitative estimate of drug-likeness (QED) is 0.158. The molecule has 304 valence electrons. The van der Waals surface area contributed by atoms with Crippen LogP contribution in [0.5, 0.6) is 0 Å². The lowest BCUT2D eigenvalue weighted by atomic mass is 9.67. The zero-order valence-electron chi connectivity index (χ0n) is 36.0. The molecule has 2 aliphatic rings. The summed E-state index contributed by atoms with van der Waals surface area (Å²) in [5, 5.41) is 2.42. The van der Waals surface area contributed by atoms with E-state index in [1.54, 1.807) is 0 Å². The van der Waals surface area contributed by atoms with Crippen LogP contribution in [-0.4, -0.2) is 0 Å². The number of hydrogen-bond donors (Lipinski definition) is 0. The zero-order valence-corrected chi connectivity index (χ0v) is 36.0. The first kappa shape index (κ1) is 37.8. The molecule has 1 aliphatic heterocycles. The minimum atomic E-state index is -0.528. The third-order valence-electron chi connectivity index (χ3n) is 13.9. The maximum Gasteiger partial charge on any atom is 0.0714 e. The van der Waals surface area contributed by atoms with Crippen molar-refractivity contribution in [2.75, 3.05) is 9.80 Å². The first-order chi connectivity index (χ1) is 31.5. The van der Waals surface area contributed by atoms with Gasteiger partial charge in [-0.3, -0.25) is 0 Å². The van der Waals surface area contributed by atoms with Gasteiger partial charge in [0, 0.05) is 33.3 Å². The van der Waals surface area contributed by atoms with E-state index in [2.05, 4.69) is 266 Å². The standard InChI is InChI=1S/C62H46N2/c1-61(2)54-34-19-20-35-56(54)64(60-49-31-16-15-24-44(49)38-40-50(60)43-22-7-3-8-23-43)58-37-21-36-57(59(58)61)63(47-29-13-6-14-30-47)48-39-41-52-51-32-17-18-33-53(51)62(55(52)42-48,45-25-9-4-10-26-45)46-27-11-5-12-28-46/h3-42H,1-2H3. The Balaban J connectivity index is 1.15. The maximum atomic E-state index is 2.56. The van der Waals surface area contributed by atoms with Gasteiger partial charge < -0.3 is 9.80 Å². The largest absolute Gasteiger partial charge is 0.310 e. The Labute approximate surface area is 376 Å². The number of benzene rings is 10. The van der Waals surface area contributed by atoms with Crippen molar-refractivity contribution in [1.82, 2.24) is 0 Å². The van der Waals surface area contributed by atoms with E-state index in [4.69, 9.17) is 0 Å². The third kappa shape index (κ3) is 5.59. The predicted octanol–water partition coefficient (Wildman–Crippen LogP) is 16.4. The summed E-state index contributed by atoms with van der Waals surface area (Å²) in [6.07, 6.45) is 0. The highest BCUT2D eigenvalue weighted by atomic mass is 15.2.